The van der Waals surface area contributed by atoms with Crippen LogP contribution in [0.15, 0.2) is 72.9 Å². The van der Waals surface area contributed by atoms with Crippen molar-refractivity contribution >= 4 is 23.1 Å². The maximum absolute atomic E-state index is 6.35. The van der Waals surface area contributed by atoms with Crippen LogP contribution in [-0.4, -0.2) is 17.5 Å². The van der Waals surface area contributed by atoms with Crippen molar-refractivity contribution < 1.29 is 14.2 Å². The Morgan fingerprint density at radius 1 is 0.758 bits per heavy atom. The summed E-state index contributed by atoms with van der Waals surface area (Å²) in [6.45, 7) is 8.25. The second-order valence-corrected chi connectivity index (χ2v) is 9.22. The zero-order valence-corrected chi connectivity index (χ0v) is 19.2. The molecule has 5 heteroatoms. The number of aryl methyl sites for hydroxylation is 2. The molecule has 2 aliphatic rings. The van der Waals surface area contributed by atoms with Crippen LogP contribution in [0.25, 0.3) is 11.3 Å². The zero-order chi connectivity index (χ0) is 22.7. The molecule has 0 atom stereocenters. The average Bonchev–Trinajstić information content (AvgIpc) is 3.12. The zero-order valence-electron chi connectivity index (χ0n) is 19.2. The number of fused-ring (bicyclic) bond motifs is 3. The molecule has 3 heterocycles. The van der Waals surface area contributed by atoms with Crippen molar-refractivity contribution in [1.29, 1.82) is 0 Å². The molecule has 0 unspecified atom stereocenters. The van der Waals surface area contributed by atoms with Gasteiger partial charge in [-0.15, -0.1) is 0 Å². The molecule has 0 radical (unpaired) electrons. The molecule has 0 saturated heterocycles. The highest BCUT2D eigenvalue weighted by Gasteiger charge is 2.37. The van der Waals surface area contributed by atoms with Crippen molar-refractivity contribution in [3.05, 3.63) is 84.1 Å². The highest BCUT2D eigenvalue weighted by molar-refractivity contribution is 6.97. The number of para-hydroxylation sites is 1. The Hall–Kier alpha value is -3.73. The molecule has 4 aromatic rings. The van der Waals surface area contributed by atoms with Crippen LogP contribution < -0.4 is 30.6 Å². The standard InChI is InChI=1S/C28H24BNO3/c1-17-8-7-9-18(2)25(17)29-20-10-5-6-11-22(20)31-23-13-12-19(16-21(23)29)26-27-24(14-15-30-26)32-28(3,4)33-27/h5-16H,1-4H3. The van der Waals surface area contributed by atoms with Crippen LogP contribution in [-0.2, 0) is 0 Å². The molecular formula is C28H24BNO3. The number of hydrogen-bond acceptors (Lipinski definition) is 4. The van der Waals surface area contributed by atoms with Crippen LogP contribution in [0.1, 0.15) is 25.0 Å². The second kappa shape index (κ2) is 7.14. The molecule has 0 saturated carbocycles. The molecule has 1 aromatic heterocycles. The van der Waals surface area contributed by atoms with Gasteiger partial charge >= 0.3 is 0 Å². The first-order valence-electron chi connectivity index (χ1n) is 11.3. The fourth-order valence-electron chi connectivity index (χ4n) is 5.05. The molecule has 0 amide bonds. The van der Waals surface area contributed by atoms with Gasteiger partial charge in [-0.1, -0.05) is 59.1 Å². The van der Waals surface area contributed by atoms with Crippen LogP contribution in [0.4, 0.5) is 0 Å². The Morgan fingerprint density at radius 2 is 1.52 bits per heavy atom. The van der Waals surface area contributed by atoms with E-state index < -0.39 is 5.79 Å². The van der Waals surface area contributed by atoms with E-state index in [2.05, 4.69) is 55.2 Å². The molecule has 0 bridgehead atoms. The predicted molar refractivity (Wildman–Crippen MR) is 132 cm³/mol. The summed E-state index contributed by atoms with van der Waals surface area (Å²) >= 11 is 0. The molecule has 33 heavy (non-hydrogen) atoms. The lowest BCUT2D eigenvalue weighted by Gasteiger charge is -2.29. The first-order valence-corrected chi connectivity index (χ1v) is 11.3. The van der Waals surface area contributed by atoms with Gasteiger partial charge in [-0.2, -0.15) is 0 Å². The molecule has 0 N–H and O–H groups in total. The highest BCUT2D eigenvalue weighted by Crippen LogP contribution is 2.44. The van der Waals surface area contributed by atoms with E-state index in [1.54, 1.807) is 6.20 Å². The van der Waals surface area contributed by atoms with Crippen LogP contribution in [0.3, 0.4) is 0 Å². The monoisotopic (exact) mass is 433 g/mol. The Balaban J connectivity index is 1.56. The van der Waals surface area contributed by atoms with Crippen LogP contribution in [0.5, 0.6) is 23.0 Å². The largest absolute Gasteiger partial charge is 0.458 e. The fourth-order valence-corrected chi connectivity index (χ4v) is 5.05. The maximum atomic E-state index is 6.35. The molecule has 3 aromatic carbocycles. The van der Waals surface area contributed by atoms with E-state index >= 15 is 0 Å². The van der Waals surface area contributed by atoms with Crippen molar-refractivity contribution in [2.24, 2.45) is 0 Å². The van der Waals surface area contributed by atoms with E-state index in [-0.39, 0.29) is 6.71 Å². The fraction of sp³-hybridized carbons (Fsp3) is 0.179. The summed E-state index contributed by atoms with van der Waals surface area (Å²) in [6.07, 6.45) is 1.77. The summed E-state index contributed by atoms with van der Waals surface area (Å²) in [7, 11) is 0. The Morgan fingerprint density at radius 3 is 2.33 bits per heavy atom. The van der Waals surface area contributed by atoms with Crippen molar-refractivity contribution in [3.63, 3.8) is 0 Å². The minimum absolute atomic E-state index is 0.0662. The van der Waals surface area contributed by atoms with Gasteiger partial charge < -0.3 is 14.2 Å². The van der Waals surface area contributed by atoms with Gasteiger partial charge in [0.1, 0.15) is 17.2 Å². The molecule has 0 aliphatic carbocycles. The first-order chi connectivity index (χ1) is 15.9. The van der Waals surface area contributed by atoms with Gasteiger partial charge in [0, 0.05) is 31.7 Å². The van der Waals surface area contributed by atoms with E-state index in [0.29, 0.717) is 5.75 Å². The molecule has 6 rings (SSSR count). The summed E-state index contributed by atoms with van der Waals surface area (Å²) in [4.78, 5) is 4.67. The van der Waals surface area contributed by atoms with Gasteiger partial charge in [-0.25, -0.2) is 0 Å². The number of ether oxygens (including phenoxy) is 3. The molecule has 2 aliphatic heterocycles. The number of pyridine rings is 1. The number of rotatable bonds is 2. The van der Waals surface area contributed by atoms with Gasteiger partial charge in [0.15, 0.2) is 11.5 Å². The maximum Gasteiger partial charge on any atom is 0.251 e. The van der Waals surface area contributed by atoms with Gasteiger partial charge in [0.05, 0.1) is 0 Å². The van der Waals surface area contributed by atoms with Crippen molar-refractivity contribution in [2.45, 2.75) is 33.5 Å². The van der Waals surface area contributed by atoms with Crippen LogP contribution in [0.2, 0.25) is 0 Å². The normalized spacial score (nSPS) is 15.0. The number of benzene rings is 3. The molecular weight excluding hydrogens is 409 g/mol. The molecule has 0 fully saturated rings. The van der Waals surface area contributed by atoms with Gasteiger partial charge in [0.25, 0.3) is 6.71 Å². The minimum atomic E-state index is -0.711. The second-order valence-electron chi connectivity index (χ2n) is 9.22. The Labute approximate surface area is 194 Å². The number of nitrogens with zero attached hydrogens (tertiary/aromatic N) is 1. The van der Waals surface area contributed by atoms with Crippen molar-refractivity contribution in [2.75, 3.05) is 0 Å². The summed E-state index contributed by atoms with van der Waals surface area (Å²) in [5.74, 6) is 2.47. The Kier molecular flexibility index (Phi) is 4.31. The van der Waals surface area contributed by atoms with Crippen LogP contribution >= 0.6 is 0 Å². The lowest BCUT2D eigenvalue weighted by Crippen LogP contribution is -2.56. The lowest BCUT2D eigenvalue weighted by atomic mass is 9.34. The Bertz CT molecular complexity index is 1390. The van der Waals surface area contributed by atoms with Crippen molar-refractivity contribution in [1.82, 2.24) is 4.98 Å². The third kappa shape index (κ3) is 3.19. The van der Waals surface area contributed by atoms with E-state index in [1.165, 1.54) is 22.1 Å². The summed E-state index contributed by atoms with van der Waals surface area (Å²) < 4.78 is 18.4. The lowest BCUT2D eigenvalue weighted by molar-refractivity contribution is -0.0429. The SMILES string of the molecule is Cc1cccc(C)c1B1c2ccccc2Oc2ccc(-c3nccc4c3OC(C)(C)O4)cc21. The summed E-state index contributed by atoms with van der Waals surface area (Å²) in [6, 6.07) is 22.9. The third-order valence-corrected chi connectivity index (χ3v) is 6.45. The summed E-state index contributed by atoms with van der Waals surface area (Å²) in [5.41, 5.74) is 7.91. The first kappa shape index (κ1) is 19.9. The number of hydrogen-bond donors (Lipinski definition) is 0. The topological polar surface area (TPSA) is 40.6 Å². The highest BCUT2D eigenvalue weighted by atomic mass is 16.7. The van der Waals surface area contributed by atoms with E-state index in [4.69, 9.17) is 14.2 Å². The molecule has 162 valence electrons. The van der Waals surface area contributed by atoms with E-state index in [1.807, 2.05) is 44.2 Å². The van der Waals surface area contributed by atoms with Gasteiger partial charge in [0.2, 0.25) is 5.79 Å². The smallest absolute Gasteiger partial charge is 0.251 e. The van der Waals surface area contributed by atoms with Crippen molar-refractivity contribution in [3.8, 4) is 34.3 Å². The summed E-state index contributed by atoms with van der Waals surface area (Å²) in [5, 5.41) is 0. The predicted octanol–water partition coefficient (Wildman–Crippen LogP) is 4.49. The average molecular weight is 433 g/mol. The van der Waals surface area contributed by atoms with E-state index in [9.17, 15) is 0 Å². The quantitative estimate of drug-likeness (QED) is 0.385. The van der Waals surface area contributed by atoms with Gasteiger partial charge in [-0.05, 0) is 43.0 Å². The van der Waals surface area contributed by atoms with Crippen LogP contribution in [0, 0.1) is 13.8 Å². The molecule has 0 spiro atoms. The molecule has 4 nitrogen and oxygen atoms in total. The number of aromatic nitrogens is 1. The van der Waals surface area contributed by atoms with E-state index in [0.717, 1.165) is 34.0 Å². The third-order valence-electron chi connectivity index (χ3n) is 6.45. The van der Waals surface area contributed by atoms with Gasteiger partial charge in [-0.3, -0.25) is 4.98 Å². The minimum Gasteiger partial charge on any atom is -0.458 e.